The second-order valence-corrected chi connectivity index (χ2v) is 8.85. The highest BCUT2D eigenvalue weighted by atomic mass is 35.5. The number of allylic oxidation sites excluding steroid dienone is 1. The van der Waals surface area contributed by atoms with E-state index in [1.54, 1.807) is 22.9 Å². The van der Waals surface area contributed by atoms with Crippen LogP contribution in [0.5, 0.6) is 0 Å². The first-order valence-electron chi connectivity index (χ1n) is 8.24. The zero-order valence-corrected chi connectivity index (χ0v) is 16.9. The van der Waals surface area contributed by atoms with Gasteiger partial charge in [0, 0.05) is 15.7 Å². The Morgan fingerprint density at radius 1 is 1.11 bits per heavy atom. The molecule has 10 heteroatoms. The summed E-state index contributed by atoms with van der Waals surface area (Å²) in [5, 5.41) is 8.69. The molecule has 1 aliphatic rings. The van der Waals surface area contributed by atoms with Crippen LogP contribution in [0, 0.1) is 0 Å². The van der Waals surface area contributed by atoms with E-state index in [1.165, 1.54) is 0 Å². The third kappa shape index (κ3) is 3.84. The average Bonchev–Trinajstić information content (AvgIpc) is 3.02. The molecule has 1 aromatic heterocycles. The highest BCUT2D eigenvalue weighted by molar-refractivity contribution is 7.91. The van der Waals surface area contributed by atoms with Gasteiger partial charge in [-0.2, -0.15) is 4.98 Å². The maximum absolute atomic E-state index is 11.6. The van der Waals surface area contributed by atoms with Crippen molar-refractivity contribution in [3.8, 4) is 0 Å². The zero-order chi connectivity index (χ0) is 19.9. The van der Waals surface area contributed by atoms with Gasteiger partial charge >= 0.3 is 0 Å². The molecule has 0 aliphatic carbocycles. The van der Waals surface area contributed by atoms with Gasteiger partial charge in [0.05, 0.1) is 6.26 Å². The number of nitrogens with one attached hydrogen (secondary N) is 2. The molecule has 4 rings (SSSR count). The first-order valence-corrected chi connectivity index (χ1v) is 10.9. The van der Waals surface area contributed by atoms with Crippen molar-refractivity contribution in [2.24, 2.45) is 0 Å². The Kier molecular flexibility index (Phi) is 4.78. The summed E-state index contributed by atoms with van der Waals surface area (Å²) < 4.78 is 27.0. The number of sulfonamides is 1. The molecular weight excluding hydrogens is 421 g/mol. The van der Waals surface area contributed by atoms with E-state index in [9.17, 15) is 8.42 Å². The van der Waals surface area contributed by atoms with Gasteiger partial charge in [-0.15, -0.1) is 5.10 Å². The van der Waals surface area contributed by atoms with E-state index in [0.717, 1.165) is 23.1 Å². The quantitative estimate of drug-likeness (QED) is 0.645. The van der Waals surface area contributed by atoms with E-state index in [0.29, 0.717) is 16.0 Å². The fraction of sp³-hybridized carbons (Fsp3) is 0.111. The van der Waals surface area contributed by atoms with E-state index < -0.39 is 10.0 Å². The fourth-order valence-electron chi connectivity index (χ4n) is 2.94. The topological polar surface area (TPSA) is 88.9 Å². The van der Waals surface area contributed by atoms with Crippen LogP contribution in [0.2, 0.25) is 10.0 Å². The Morgan fingerprint density at radius 3 is 2.50 bits per heavy atom. The molecule has 0 radical (unpaired) electrons. The van der Waals surface area contributed by atoms with Gasteiger partial charge in [-0.25, -0.2) is 13.1 Å². The molecule has 144 valence electrons. The lowest BCUT2D eigenvalue weighted by atomic mass is 10.0. The molecule has 3 aromatic rings. The van der Waals surface area contributed by atoms with Crippen molar-refractivity contribution in [3.05, 3.63) is 75.8 Å². The smallest absolute Gasteiger partial charge is 0.257 e. The third-order valence-electron chi connectivity index (χ3n) is 4.12. The molecular formula is C18H15Cl2N5O2S. The molecule has 7 nitrogen and oxygen atoms in total. The van der Waals surface area contributed by atoms with Gasteiger partial charge in [0.1, 0.15) is 6.04 Å². The molecule has 2 aromatic carbocycles. The molecule has 0 spiro atoms. The molecule has 1 unspecified atom stereocenters. The number of halogens is 2. The normalized spacial score (nSPS) is 16.1. The lowest BCUT2D eigenvalue weighted by molar-refractivity contribution is 0.603. The Hall–Kier alpha value is -2.55. The summed E-state index contributed by atoms with van der Waals surface area (Å²) in [5.41, 5.74) is 2.50. The van der Waals surface area contributed by atoms with Crippen molar-refractivity contribution in [3.63, 3.8) is 0 Å². The SMILES string of the molecule is CS(=O)(=O)Nc1nc2n(n1)C(c1ccccc1Cl)C=C(c1ccc(Cl)cc1)N2. The number of hydrogen-bond donors (Lipinski definition) is 2. The van der Waals surface area contributed by atoms with E-state index in [-0.39, 0.29) is 12.0 Å². The van der Waals surface area contributed by atoms with E-state index in [4.69, 9.17) is 23.2 Å². The molecule has 1 aliphatic heterocycles. The van der Waals surface area contributed by atoms with Crippen LogP contribution in [0.15, 0.2) is 54.6 Å². The van der Waals surface area contributed by atoms with E-state index >= 15 is 0 Å². The molecule has 0 fully saturated rings. The number of hydrogen-bond acceptors (Lipinski definition) is 5. The van der Waals surface area contributed by atoms with E-state index in [2.05, 4.69) is 20.1 Å². The minimum Gasteiger partial charge on any atom is -0.324 e. The second-order valence-electron chi connectivity index (χ2n) is 6.26. The molecule has 0 bridgehead atoms. The van der Waals surface area contributed by atoms with Crippen molar-refractivity contribution in [2.45, 2.75) is 6.04 Å². The van der Waals surface area contributed by atoms with Crippen LogP contribution in [0.1, 0.15) is 17.2 Å². The summed E-state index contributed by atoms with van der Waals surface area (Å²) in [6.07, 6.45) is 3.00. The minimum atomic E-state index is -3.51. The number of fused-ring (bicyclic) bond motifs is 1. The first kappa shape index (κ1) is 18.8. The lowest BCUT2D eigenvalue weighted by Gasteiger charge is -2.24. The van der Waals surface area contributed by atoms with Gasteiger partial charge in [-0.1, -0.05) is 53.5 Å². The van der Waals surface area contributed by atoms with Crippen LogP contribution in [-0.4, -0.2) is 29.4 Å². The van der Waals surface area contributed by atoms with Crippen LogP contribution in [0.3, 0.4) is 0 Å². The summed E-state index contributed by atoms with van der Waals surface area (Å²) in [7, 11) is -3.51. The maximum atomic E-state index is 11.6. The van der Waals surface area contributed by atoms with Gasteiger partial charge < -0.3 is 5.32 Å². The first-order chi connectivity index (χ1) is 13.3. The minimum absolute atomic E-state index is 0.0205. The summed E-state index contributed by atoms with van der Waals surface area (Å²) in [4.78, 5) is 4.28. The number of anilines is 2. The van der Waals surface area contributed by atoms with Gasteiger partial charge in [0.2, 0.25) is 16.0 Å². The summed E-state index contributed by atoms with van der Waals surface area (Å²) in [6.45, 7) is 0. The van der Waals surface area contributed by atoms with Crippen molar-refractivity contribution >= 4 is 50.8 Å². The Balaban J connectivity index is 1.83. The number of rotatable bonds is 4. The maximum Gasteiger partial charge on any atom is 0.257 e. The molecule has 28 heavy (non-hydrogen) atoms. The number of benzene rings is 2. The summed E-state index contributed by atoms with van der Waals surface area (Å²) in [6, 6.07) is 14.4. The largest absolute Gasteiger partial charge is 0.324 e. The number of aromatic nitrogens is 3. The number of nitrogens with zero attached hydrogens (tertiary/aromatic N) is 3. The van der Waals surface area contributed by atoms with Crippen LogP contribution in [-0.2, 0) is 10.0 Å². The second kappa shape index (κ2) is 7.12. The molecule has 1 atom stereocenters. The molecule has 0 amide bonds. The predicted octanol–water partition coefficient (Wildman–Crippen LogP) is 4.01. The van der Waals surface area contributed by atoms with E-state index in [1.807, 2.05) is 36.4 Å². The van der Waals surface area contributed by atoms with Crippen molar-refractivity contribution in [1.29, 1.82) is 0 Å². The Labute approximate surface area is 172 Å². The van der Waals surface area contributed by atoms with Crippen molar-refractivity contribution in [2.75, 3.05) is 16.3 Å². The monoisotopic (exact) mass is 435 g/mol. The van der Waals surface area contributed by atoms with Crippen molar-refractivity contribution < 1.29 is 8.42 Å². The highest BCUT2D eigenvalue weighted by Gasteiger charge is 2.27. The Bertz CT molecular complexity index is 1170. The lowest BCUT2D eigenvalue weighted by Crippen LogP contribution is -2.20. The van der Waals surface area contributed by atoms with Crippen LogP contribution in [0.4, 0.5) is 11.9 Å². The Morgan fingerprint density at radius 2 is 1.82 bits per heavy atom. The predicted molar refractivity (Wildman–Crippen MR) is 111 cm³/mol. The highest BCUT2D eigenvalue weighted by Crippen LogP contribution is 2.36. The molecule has 2 N–H and O–H groups in total. The fourth-order valence-corrected chi connectivity index (χ4v) is 3.73. The van der Waals surface area contributed by atoms with Crippen LogP contribution >= 0.6 is 23.2 Å². The summed E-state index contributed by atoms with van der Waals surface area (Å²) >= 11 is 12.4. The zero-order valence-electron chi connectivity index (χ0n) is 14.6. The molecule has 0 saturated heterocycles. The third-order valence-corrected chi connectivity index (χ3v) is 5.27. The van der Waals surface area contributed by atoms with Gasteiger partial charge in [-0.3, -0.25) is 4.72 Å². The van der Waals surface area contributed by atoms with Crippen molar-refractivity contribution in [1.82, 2.24) is 14.8 Å². The molecule has 0 saturated carbocycles. The van der Waals surface area contributed by atoms with Gasteiger partial charge in [-0.05, 0) is 35.4 Å². The average molecular weight is 436 g/mol. The summed E-state index contributed by atoms with van der Waals surface area (Å²) in [5.74, 6) is 0.372. The molecule has 2 heterocycles. The van der Waals surface area contributed by atoms with Crippen LogP contribution in [0.25, 0.3) is 5.70 Å². The van der Waals surface area contributed by atoms with Gasteiger partial charge in [0.25, 0.3) is 5.95 Å². The standard InChI is InChI=1S/C18H15Cl2N5O2S/c1-28(26,27)24-17-22-18-21-15(11-6-8-12(19)9-7-11)10-16(25(18)23-17)13-4-2-3-5-14(13)20/h2-10,16H,1H3,(H2,21,22,23,24). The van der Waals surface area contributed by atoms with Gasteiger partial charge in [0.15, 0.2) is 0 Å². The van der Waals surface area contributed by atoms with Crippen LogP contribution < -0.4 is 10.0 Å².